The number of benzene rings is 1. The predicted octanol–water partition coefficient (Wildman–Crippen LogP) is 1.19. The summed E-state index contributed by atoms with van der Waals surface area (Å²) >= 11 is 3.30. The minimum atomic E-state index is -0.855. The summed E-state index contributed by atoms with van der Waals surface area (Å²) in [7, 11) is 0. The highest BCUT2D eigenvalue weighted by Gasteiger charge is 2.16. The van der Waals surface area contributed by atoms with E-state index in [2.05, 4.69) is 15.9 Å². The van der Waals surface area contributed by atoms with Gasteiger partial charge in [0.05, 0.1) is 6.10 Å². The highest BCUT2D eigenvalue weighted by atomic mass is 79.9. The average molecular weight is 260 g/mol. The Morgan fingerprint density at radius 3 is 2.29 bits per heavy atom. The average Bonchev–Trinajstić information content (AvgIpc) is 2.18. The molecule has 14 heavy (non-hydrogen) atoms. The Morgan fingerprint density at radius 2 is 1.79 bits per heavy atom. The summed E-state index contributed by atoms with van der Waals surface area (Å²) in [6.45, 7) is 0.370. The standard InChI is InChI=1S/C10H14BrNO2/c11-8-3-1-7(2-4-8)10(14)9(13)5-6-12/h1-4,9-10,13-14H,5-6,12H2. The van der Waals surface area contributed by atoms with Gasteiger partial charge in [-0.2, -0.15) is 0 Å². The van der Waals surface area contributed by atoms with Gasteiger partial charge in [-0.1, -0.05) is 28.1 Å². The van der Waals surface area contributed by atoms with E-state index in [-0.39, 0.29) is 0 Å². The van der Waals surface area contributed by atoms with E-state index in [0.717, 1.165) is 4.47 Å². The van der Waals surface area contributed by atoms with Crippen molar-refractivity contribution in [2.45, 2.75) is 18.6 Å². The number of nitrogens with two attached hydrogens (primary N) is 1. The summed E-state index contributed by atoms with van der Waals surface area (Å²) in [5, 5.41) is 19.2. The lowest BCUT2D eigenvalue weighted by Gasteiger charge is -2.17. The van der Waals surface area contributed by atoms with E-state index in [1.54, 1.807) is 12.1 Å². The first-order valence-corrected chi connectivity index (χ1v) is 5.26. The maximum atomic E-state index is 9.69. The van der Waals surface area contributed by atoms with Gasteiger partial charge in [-0.05, 0) is 30.7 Å². The van der Waals surface area contributed by atoms with Crippen LogP contribution in [-0.2, 0) is 0 Å². The van der Waals surface area contributed by atoms with Gasteiger partial charge in [-0.25, -0.2) is 0 Å². The lowest BCUT2D eigenvalue weighted by molar-refractivity contribution is 0.0150. The molecule has 0 aromatic heterocycles. The first-order chi connectivity index (χ1) is 6.65. The van der Waals surface area contributed by atoms with Crippen LogP contribution in [0.15, 0.2) is 28.7 Å². The molecule has 0 amide bonds. The van der Waals surface area contributed by atoms with Crippen molar-refractivity contribution >= 4 is 15.9 Å². The van der Waals surface area contributed by atoms with Crippen LogP contribution in [0.2, 0.25) is 0 Å². The van der Waals surface area contributed by atoms with Crippen molar-refractivity contribution in [2.75, 3.05) is 6.54 Å². The molecule has 0 saturated heterocycles. The third-order valence-corrected chi connectivity index (χ3v) is 2.57. The Morgan fingerprint density at radius 1 is 1.21 bits per heavy atom. The molecule has 3 nitrogen and oxygen atoms in total. The molecule has 1 rings (SSSR count). The summed E-state index contributed by atoms with van der Waals surface area (Å²) in [5.41, 5.74) is 5.99. The van der Waals surface area contributed by atoms with E-state index in [1.807, 2.05) is 12.1 Å². The van der Waals surface area contributed by atoms with Crippen LogP contribution < -0.4 is 5.73 Å². The molecule has 4 N–H and O–H groups in total. The van der Waals surface area contributed by atoms with Gasteiger partial charge in [0.2, 0.25) is 0 Å². The molecule has 2 unspecified atom stereocenters. The number of hydrogen-bond donors (Lipinski definition) is 3. The second-order valence-electron chi connectivity index (χ2n) is 3.14. The van der Waals surface area contributed by atoms with Gasteiger partial charge in [0.25, 0.3) is 0 Å². The minimum Gasteiger partial charge on any atom is -0.390 e. The Hall–Kier alpha value is -0.420. The molecule has 0 aliphatic carbocycles. The fourth-order valence-electron chi connectivity index (χ4n) is 1.21. The van der Waals surface area contributed by atoms with Gasteiger partial charge in [-0.15, -0.1) is 0 Å². The van der Waals surface area contributed by atoms with Crippen molar-refractivity contribution in [3.63, 3.8) is 0 Å². The third-order valence-electron chi connectivity index (χ3n) is 2.04. The molecule has 0 saturated carbocycles. The van der Waals surface area contributed by atoms with Gasteiger partial charge in [0.15, 0.2) is 0 Å². The van der Waals surface area contributed by atoms with Crippen molar-refractivity contribution in [1.82, 2.24) is 0 Å². The van der Waals surface area contributed by atoms with Crippen LogP contribution >= 0.6 is 15.9 Å². The summed E-state index contributed by atoms with van der Waals surface area (Å²) in [5.74, 6) is 0. The molecular formula is C10H14BrNO2. The Labute approximate surface area is 91.7 Å². The zero-order valence-electron chi connectivity index (χ0n) is 7.73. The second-order valence-corrected chi connectivity index (χ2v) is 4.06. The molecule has 2 atom stereocenters. The summed E-state index contributed by atoms with van der Waals surface area (Å²) in [6.07, 6.45) is -1.25. The van der Waals surface area contributed by atoms with Crippen molar-refractivity contribution in [3.05, 3.63) is 34.3 Å². The molecule has 0 aliphatic heterocycles. The number of rotatable bonds is 4. The lowest BCUT2D eigenvalue weighted by Crippen LogP contribution is -2.21. The fraction of sp³-hybridized carbons (Fsp3) is 0.400. The van der Waals surface area contributed by atoms with Crippen molar-refractivity contribution in [1.29, 1.82) is 0 Å². The molecule has 1 aromatic rings. The maximum absolute atomic E-state index is 9.69. The van der Waals surface area contributed by atoms with Gasteiger partial charge >= 0.3 is 0 Å². The molecule has 0 aliphatic rings. The Bertz CT molecular complexity index is 276. The monoisotopic (exact) mass is 259 g/mol. The van der Waals surface area contributed by atoms with Crippen molar-refractivity contribution in [2.24, 2.45) is 5.73 Å². The van der Waals surface area contributed by atoms with Crippen LogP contribution in [0.1, 0.15) is 18.1 Å². The first kappa shape index (κ1) is 11.7. The Balaban J connectivity index is 2.68. The summed E-state index contributed by atoms with van der Waals surface area (Å²) < 4.78 is 0.946. The van der Waals surface area contributed by atoms with Gasteiger partial charge in [-0.3, -0.25) is 0 Å². The van der Waals surface area contributed by atoms with Crippen LogP contribution in [-0.4, -0.2) is 22.9 Å². The molecule has 1 aromatic carbocycles. The highest BCUT2D eigenvalue weighted by molar-refractivity contribution is 9.10. The first-order valence-electron chi connectivity index (χ1n) is 4.47. The molecule has 0 bridgehead atoms. The Kier molecular flexibility index (Phi) is 4.54. The van der Waals surface area contributed by atoms with E-state index in [9.17, 15) is 10.2 Å². The molecule has 4 heteroatoms. The molecule has 0 heterocycles. The normalized spacial score (nSPS) is 15.1. The predicted molar refractivity (Wildman–Crippen MR) is 58.8 cm³/mol. The summed E-state index contributed by atoms with van der Waals surface area (Å²) in [6, 6.07) is 7.20. The maximum Gasteiger partial charge on any atom is 0.105 e. The SMILES string of the molecule is NCCC(O)C(O)c1ccc(Br)cc1. The van der Waals surface area contributed by atoms with Crippen molar-refractivity contribution < 1.29 is 10.2 Å². The molecule has 78 valence electrons. The van der Waals surface area contributed by atoms with E-state index in [1.165, 1.54) is 0 Å². The van der Waals surface area contributed by atoms with E-state index in [0.29, 0.717) is 18.5 Å². The quantitative estimate of drug-likeness (QED) is 0.761. The largest absolute Gasteiger partial charge is 0.390 e. The molecule has 0 spiro atoms. The van der Waals surface area contributed by atoms with E-state index >= 15 is 0 Å². The second kappa shape index (κ2) is 5.46. The number of aliphatic hydroxyl groups is 2. The highest BCUT2D eigenvalue weighted by Crippen LogP contribution is 2.20. The number of aliphatic hydroxyl groups excluding tert-OH is 2. The zero-order valence-corrected chi connectivity index (χ0v) is 9.31. The van der Waals surface area contributed by atoms with Crippen LogP contribution in [0.5, 0.6) is 0 Å². The van der Waals surface area contributed by atoms with Crippen LogP contribution in [0.25, 0.3) is 0 Å². The molecular weight excluding hydrogens is 246 g/mol. The molecule has 0 radical (unpaired) electrons. The topological polar surface area (TPSA) is 66.5 Å². The summed E-state index contributed by atoms with van der Waals surface area (Å²) in [4.78, 5) is 0. The van der Waals surface area contributed by atoms with Crippen LogP contribution in [0.4, 0.5) is 0 Å². The number of halogens is 1. The van der Waals surface area contributed by atoms with Crippen LogP contribution in [0.3, 0.4) is 0 Å². The fourth-order valence-corrected chi connectivity index (χ4v) is 1.48. The molecule has 0 fully saturated rings. The van der Waals surface area contributed by atoms with Gasteiger partial charge in [0, 0.05) is 4.47 Å². The van der Waals surface area contributed by atoms with E-state index in [4.69, 9.17) is 5.73 Å². The zero-order chi connectivity index (χ0) is 10.6. The van der Waals surface area contributed by atoms with Crippen LogP contribution in [0, 0.1) is 0 Å². The van der Waals surface area contributed by atoms with E-state index < -0.39 is 12.2 Å². The number of hydrogen-bond acceptors (Lipinski definition) is 3. The minimum absolute atomic E-state index is 0.370. The third kappa shape index (κ3) is 3.06. The van der Waals surface area contributed by atoms with Crippen molar-refractivity contribution in [3.8, 4) is 0 Å². The smallest absolute Gasteiger partial charge is 0.105 e. The van der Waals surface area contributed by atoms with Gasteiger partial charge < -0.3 is 15.9 Å². The van der Waals surface area contributed by atoms with Gasteiger partial charge in [0.1, 0.15) is 6.10 Å². The lowest BCUT2D eigenvalue weighted by atomic mass is 10.0.